The number of nitrogens with zero attached hydrogens (tertiary/aromatic N) is 9. The first-order valence-corrected chi connectivity index (χ1v) is 10.7. The Hall–Kier alpha value is -3.27. The van der Waals surface area contributed by atoms with E-state index in [1.165, 1.54) is 0 Å². The Balaban J connectivity index is 1.27. The van der Waals surface area contributed by atoms with Crippen LogP contribution in [0.15, 0.2) is 30.9 Å². The summed E-state index contributed by atoms with van der Waals surface area (Å²) in [6.07, 6.45) is 5.25. The molecule has 10 nitrogen and oxygen atoms in total. The van der Waals surface area contributed by atoms with Crippen molar-refractivity contribution in [2.24, 2.45) is 0 Å². The van der Waals surface area contributed by atoms with Crippen molar-refractivity contribution in [3.05, 3.63) is 42.2 Å². The number of anilines is 3. The molecule has 0 amide bonds. The summed E-state index contributed by atoms with van der Waals surface area (Å²) in [5.41, 5.74) is 2.02. The van der Waals surface area contributed by atoms with E-state index in [9.17, 15) is 0 Å². The van der Waals surface area contributed by atoms with Crippen LogP contribution in [0.3, 0.4) is 0 Å². The molecule has 162 valence electrons. The van der Waals surface area contributed by atoms with Crippen LogP contribution in [0.1, 0.15) is 11.4 Å². The summed E-state index contributed by atoms with van der Waals surface area (Å²) in [6.45, 7) is 10.7. The first-order valence-electron chi connectivity index (χ1n) is 10.7. The molecule has 3 aromatic heterocycles. The van der Waals surface area contributed by atoms with E-state index in [1.54, 1.807) is 12.5 Å². The van der Waals surface area contributed by atoms with Gasteiger partial charge in [0.2, 0.25) is 0 Å². The molecule has 0 aliphatic carbocycles. The quantitative estimate of drug-likeness (QED) is 0.617. The highest BCUT2D eigenvalue weighted by Crippen LogP contribution is 2.22. The Bertz CT molecular complexity index is 1040. The second-order valence-corrected chi connectivity index (χ2v) is 7.88. The number of aromatic nitrogens is 6. The lowest BCUT2D eigenvalue weighted by molar-refractivity contribution is 0.122. The first kappa shape index (κ1) is 19.7. The van der Waals surface area contributed by atoms with Crippen molar-refractivity contribution >= 4 is 17.5 Å². The largest absolute Gasteiger partial charge is 0.378 e. The van der Waals surface area contributed by atoms with Gasteiger partial charge >= 0.3 is 0 Å². The minimum Gasteiger partial charge on any atom is -0.378 e. The predicted octanol–water partition coefficient (Wildman–Crippen LogP) is 1.23. The van der Waals surface area contributed by atoms with Gasteiger partial charge in [-0.2, -0.15) is 5.10 Å². The van der Waals surface area contributed by atoms with Crippen LogP contribution < -0.4 is 14.7 Å². The average Bonchev–Trinajstić information content (AvgIpc) is 3.18. The molecule has 10 heteroatoms. The van der Waals surface area contributed by atoms with Crippen LogP contribution >= 0.6 is 0 Å². The molecule has 0 bridgehead atoms. The van der Waals surface area contributed by atoms with Crippen LogP contribution in [-0.4, -0.2) is 82.2 Å². The van der Waals surface area contributed by atoms with Crippen molar-refractivity contribution in [3.8, 4) is 5.82 Å². The number of ether oxygens (including phenoxy) is 1. The van der Waals surface area contributed by atoms with Gasteiger partial charge in [-0.25, -0.2) is 19.6 Å². The molecule has 0 unspecified atom stereocenters. The van der Waals surface area contributed by atoms with Crippen LogP contribution in [0, 0.1) is 13.8 Å². The van der Waals surface area contributed by atoms with Gasteiger partial charge in [-0.1, -0.05) is 0 Å². The van der Waals surface area contributed by atoms with E-state index in [-0.39, 0.29) is 0 Å². The summed E-state index contributed by atoms with van der Waals surface area (Å²) >= 11 is 0. The summed E-state index contributed by atoms with van der Waals surface area (Å²) in [5.74, 6) is 3.57. The van der Waals surface area contributed by atoms with Crippen LogP contribution in [-0.2, 0) is 4.74 Å². The lowest BCUT2D eigenvalue weighted by Crippen LogP contribution is -2.47. The lowest BCUT2D eigenvalue weighted by atomic mass is 10.3. The van der Waals surface area contributed by atoms with Gasteiger partial charge in [0.1, 0.15) is 23.8 Å². The summed E-state index contributed by atoms with van der Waals surface area (Å²) in [7, 11) is 0. The number of piperazine rings is 1. The summed E-state index contributed by atoms with van der Waals surface area (Å²) in [4.78, 5) is 25.0. The van der Waals surface area contributed by atoms with E-state index in [0.717, 1.165) is 87.1 Å². The first-order chi connectivity index (χ1) is 15.2. The maximum atomic E-state index is 5.45. The molecule has 2 aliphatic rings. The second-order valence-electron chi connectivity index (χ2n) is 7.88. The van der Waals surface area contributed by atoms with Gasteiger partial charge in [0.25, 0.3) is 0 Å². The molecule has 3 aromatic rings. The highest BCUT2D eigenvalue weighted by Gasteiger charge is 2.21. The third kappa shape index (κ3) is 4.15. The van der Waals surface area contributed by atoms with Crippen molar-refractivity contribution in [2.75, 3.05) is 67.2 Å². The fraction of sp³-hybridized carbons (Fsp3) is 0.476. The fourth-order valence-electron chi connectivity index (χ4n) is 4.10. The second kappa shape index (κ2) is 8.46. The van der Waals surface area contributed by atoms with Crippen molar-refractivity contribution < 1.29 is 4.74 Å². The van der Waals surface area contributed by atoms with E-state index in [2.05, 4.69) is 40.8 Å². The van der Waals surface area contributed by atoms with Crippen LogP contribution in [0.25, 0.3) is 5.82 Å². The van der Waals surface area contributed by atoms with Gasteiger partial charge < -0.3 is 19.4 Å². The molecular formula is C21H27N9O. The molecule has 0 spiro atoms. The summed E-state index contributed by atoms with van der Waals surface area (Å²) in [6, 6.07) is 4.13. The summed E-state index contributed by atoms with van der Waals surface area (Å²) < 4.78 is 7.29. The third-order valence-electron chi connectivity index (χ3n) is 5.74. The van der Waals surface area contributed by atoms with E-state index >= 15 is 0 Å². The molecule has 0 radical (unpaired) electrons. The minimum absolute atomic E-state index is 0.746. The Morgan fingerprint density at radius 1 is 0.742 bits per heavy atom. The third-order valence-corrected chi connectivity index (χ3v) is 5.74. The fourth-order valence-corrected chi connectivity index (χ4v) is 4.10. The predicted molar refractivity (Wildman–Crippen MR) is 118 cm³/mol. The highest BCUT2D eigenvalue weighted by atomic mass is 16.5. The molecule has 0 saturated carbocycles. The van der Waals surface area contributed by atoms with Crippen molar-refractivity contribution in [3.63, 3.8) is 0 Å². The highest BCUT2D eigenvalue weighted by molar-refractivity contribution is 5.52. The topological polar surface area (TPSA) is 88.3 Å². The molecule has 0 aromatic carbocycles. The molecule has 0 N–H and O–H groups in total. The van der Waals surface area contributed by atoms with Crippen LogP contribution in [0.4, 0.5) is 17.5 Å². The minimum atomic E-state index is 0.746. The van der Waals surface area contributed by atoms with Gasteiger partial charge in [-0.15, -0.1) is 0 Å². The maximum absolute atomic E-state index is 5.45. The van der Waals surface area contributed by atoms with E-state index < -0.39 is 0 Å². The summed E-state index contributed by atoms with van der Waals surface area (Å²) in [5, 5.41) is 4.53. The van der Waals surface area contributed by atoms with Gasteiger partial charge in [0.15, 0.2) is 5.82 Å². The zero-order chi connectivity index (χ0) is 21.2. The zero-order valence-corrected chi connectivity index (χ0v) is 18.0. The Morgan fingerprint density at radius 2 is 1.35 bits per heavy atom. The molecule has 0 atom stereocenters. The molecule has 5 rings (SSSR count). The van der Waals surface area contributed by atoms with E-state index in [4.69, 9.17) is 9.72 Å². The Kier molecular flexibility index (Phi) is 5.37. The van der Waals surface area contributed by atoms with Crippen LogP contribution in [0.2, 0.25) is 0 Å². The molecular weight excluding hydrogens is 394 g/mol. The van der Waals surface area contributed by atoms with Gasteiger partial charge in [0, 0.05) is 51.0 Å². The monoisotopic (exact) mass is 421 g/mol. The van der Waals surface area contributed by atoms with Gasteiger partial charge in [0.05, 0.1) is 31.3 Å². The van der Waals surface area contributed by atoms with Crippen molar-refractivity contribution in [1.29, 1.82) is 0 Å². The van der Waals surface area contributed by atoms with Gasteiger partial charge in [-0.3, -0.25) is 4.98 Å². The lowest BCUT2D eigenvalue weighted by Gasteiger charge is -2.36. The van der Waals surface area contributed by atoms with E-state index in [1.807, 2.05) is 30.8 Å². The molecule has 2 saturated heterocycles. The molecule has 2 aliphatic heterocycles. The van der Waals surface area contributed by atoms with Gasteiger partial charge in [-0.05, 0) is 19.9 Å². The normalized spacial score (nSPS) is 17.3. The number of morpholine rings is 1. The smallest absolute Gasteiger partial charge is 0.174 e. The standard InChI is InChI=1S/C21H27N9O/c1-16-11-17(2)30(26-16)21-14-22-13-20(25-21)28-5-3-27(4-6-28)18-12-19(24-15-23-18)29-7-9-31-10-8-29/h11-15H,3-10H2,1-2H3. The maximum Gasteiger partial charge on any atom is 0.174 e. The SMILES string of the molecule is Cc1cc(C)n(-c2cncc(N3CCN(c4cc(N5CCOCC5)ncn4)CC3)n2)n1. The molecule has 31 heavy (non-hydrogen) atoms. The van der Waals surface area contributed by atoms with Crippen LogP contribution in [0.5, 0.6) is 0 Å². The zero-order valence-electron chi connectivity index (χ0n) is 18.0. The number of rotatable bonds is 4. The molecule has 5 heterocycles. The average molecular weight is 422 g/mol. The van der Waals surface area contributed by atoms with Crippen molar-refractivity contribution in [2.45, 2.75) is 13.8 Å². The van der Waals surface area contributed by atoms with E-state index in [0.29, 0.717) is 0 Å². The number of hydrogen-bond donors (Lipinski definition) is 0. The Labute approximate surface area is 181 Å². The Morgan fingerprint density at radius 3 is 2.00 bits per heavy atom. The van der Waals surface area contributed by atoms with Crippen molar-refractivity contribution in [1.82, 2.24) is 29.7 Å². The molecule has 2 fully saturated rings. The number of aryl methyl sites for hydroxylation is 2. The number of hydrogen-bond acceptors (Lipinski definition) is 9.